The Morgan fingerprint density at radius 2 is 2.04 bits per heavy atom. The van der Waals surface area contributed by atoms with Gasteiger partial charge in [-0.25, -0.2) is 9.97 Å². The molecule has 120 valence electrons. The molecule has 0 aliphatic carbocycles. The van der Waals surface area contributed by atoms with Crippen LogP contribution in [0.5, 0.6) is 0 Å². The fraction of sp³-hybridized carbons (Fsp3) is 0.294. The minimum Gasteiger partial charge on any atom is -0.438 e. The van der Waals surface area contributed by atoms with Crippen molar-refractivity contribution >= 4 is 28.7 Å². The molecular weight excluding hydrogens is 310 g/mol. The van der Waals surface area contributed by atoms with Gasteiger partial charge in [-0.3, -0.25) is 0 Å². The number of hydrogen-bond acceptors (Lipinski definition) is 6. The molecule has 2 aromatic heterocycles. The molecule has 2 heterocycles. The third-order valence-corrected chi connectivity index (χ3v) is 4.39. The first-order chi connectivity index (χ1) is 11.1. The van der Waals surface area contributed by atoms with Crippen LogP contribution in [-0.4, -0.2) is 39.2 Å². The summed E-state index contributed by atoms with van der Waals surface area (Å²) in [7, 11) is 0. The second-order valence-corrected chi connectivity index (χ2v) is 6.57. The summed E-state index contributed by atoms with van der Waals surface area (Å²) in [6.45, 7) is 2.21. The number of thioether (sulfide) groups is 1. The first kappa shape index (κ1) is 15.8. The Labute approximate surface area is 139 Å². The van der Waals surface area contributed by atoms with Gasteiger partial charge < -0.3 is 14.8 Å². The van der Waals surface area contributed by atoms with Gasteiger partial charge in [0, 0.05) is 17.9 Å². The average molecular weight is 329 g/mol. The number of aliphatic hydroxyl groups is 1. The maximum absolute atomic E-state index is 10.3. The molecule has 0 radical (unpaired) electrons. The summed E-state index contributed by atoms with van der Waals surface area (Å²) in [5, 5.41) is 14.3. The van der Waals surface area contributed by atoms with Crippen LogP contribution in [0.25, 0.3) is 22.4 Å². The molecule has 6 heteroatoms. The fourth-order valence-electron chi connectivity index (χ4n) is 2.38. The summed E-state index contributed by atoms with van der Waals surface area (Å²) in [5.41, 5.74) is 0.722. The van der Waals surface area contributed by atoms with Crippen LogP contribution < -0.4 is 5.32 Å². The highest BCUT2D eigenvalue weighted by Gasteiger charge is 2.20. The third-order valence-electron chi connectivity index (χ3n) is 3.48. The van der Waals surface area contributed by atoms with E-state index in [1.54, 1.807) is 18.7 Å². The number of hydrogen-bond donors (Lipinski definition) is 2. The van der Waals surface area contributed by atoms with Gasteiger partial charge in [0.2, 0.25) is 5.71 Å². The lowest BCUT2D eigenvalue weighted by Gasteiger charge is -2.22. The summed E-state index contributed by atoms with van der Waals surface area (Å²) in [6, 6.07) is 11.8. The Bertz CT molecular complexity index is 787. The van der Waals surface area contributed by atoms with Crippen LogP contribution >= 0.6 is 11.8 Å². The molecule has 0 aliphatic heterocycles. The second kappa shape index (κ2) is 6.60. The molecule has 2 N–H and O–H groups in total. The van der Waals surface area contributed by atoms with E-state index in [1.165, 1.54) is 6.33 Å². The minimum absolute atomic E-state index is 0.409. The molecule has 1 aromatic carbocycles. The average Bonchev–Trinajstić information content (AvgIpc) is 2.98. The zero-order valence-electron chi connectivity index (χ0n) is 13.1. The van der Waals surface area contributed by atoms with Crippen molar-refractivity contribution in [2.45, 2.75) is 12.5 Å². The van der Waals surface area contributed by atoms with Crippen molar-refractivity contribution in [1.29, 1.82) is 0 Å². The Hall–Kier alpha value is -2.05. The zero-order chi connectivity index (χ0) is 16.3. The van der Waals surface area contributed by atoms with Crippen molar-refractivity contribution < 1.29 is 9.52 Å². The lowest BCUT2D eigenvalue weighted by atomic mass is 10.1. The van der Waals surface area contributed by atoms with Gasteiger partial charge in [0.1, 0.15) is 17.9 Å². The molecule has 0 saturated heterocycles. The predicted octanol–water partition coefficient (Wildman–Crippen LogP) is 3.42. The van der Waals surface area contributed by atoms with Gasteiger partial charge in [-0.2, -0.15) is 11.8 Å². The number of fused-ring (bicyclic) bond motifs is 1. The molecule has 0 saturated carbocycles. The maximum Gasteiger partial charge on any atom is 0.231 e. The molecular formula is C17H19N3O2S. The molecule has 23 heavy (non-hydrogen) atoms. The first-order valence-corrected chi connectivity index (χ1v) is 8.73. The van der Waals surface area contributed by atoms with Crippen molar-refractivity contribution in [1.82, 2.24) is 9.97 Å². The summed E-state index contributed by atoms with van der Waals surface area (Å²) in [6.07, 6.45) is 3.44. The lowest BCUT2D eigenvalue weighted by Crippen LogP contribution is -2.36. The number of furan rings is 1. The van der Waals surface area contributed by atoms with E-state index < -0.39 is 5.60 Å². The van der Waals surface area contributed by atoms with Gasteiger partial charge in [-0.1, -0.05) is 30.3 Å². The molecule has 0 amide bonds. The summed E-state index contributed by atoms with van der Waals surface area (Å²) in [5.74, 6) is 2.07. The Morgan fingerprint density at radius 1 is 1.26 bits per heavy atom. The van der Waals surface area contributed by atoms with E-state index in [-0.39, 0.29) is 0 Å². The topological polar surface area (TPSA) is 71.2 Å². The SMILES string of the molecule is CSCC(C)(O)CNc1ncnc2oc(-c3ccccc3)cc12. The number of nitrogens with one attached hydrogen (secondary N) is 1. The van der Waals surface area contributed by atoms with E-state index >= 15 is 0 Å². The molecule has 0 spiro atoms. The normalized spacial score (nSPS) is 13.9. The molecule has 0 aliphatic rings. The molecule has 1 atom stereocenters. The number of nitrogens with zero attached hydrogens (tertiary/aromatic N) is 2. The van der Waals surface area contributed by atoms with Crippen LogP contribution in [0.3, 0.4) is 0 Å². The van der Waals surface area contributed by atoms with Gasteiger partial charge in [0.05, 0.1) is 11.0 Å². The Morgan fingerprint density at radius 3 is 2.78 bits per heavy atom. The molecule has 3 aromatic rings. The van der Waals surface area contributed by atoms with Crippen LogP contribution in [0, 0.1) is 0 Å². The van der Waals surface area contributed by atoms with Crippen LogP contribution in [0.15, 0.2) is 47.1 Å². The first-order valence-electron chi connectivity index (χ1n) is 7.34. The zero-order valence-corrected chi connectivity index (χ0v) is 13.9. The van der Waals surface area contributed by atoms with Crippen molar-refractivity contribution in [3.8, 4) is 11.3 Å². The largest absolute Gasteiger partial charge is 0.438 e. The summed E-state index contributed by atoms with van der Waals surface area (Å²) >= 11 is 1.61. The van der Waals surface area contributed by atoms with E-state index in [2.05, 4.69) is 15.3 Å². The highest BCUT2D eigenvalue weighted by atomic mass is 32.2. The predicted molar refractivity (Wildman–Crippen MR) is 94.7 cm³/mol. The van der Waals surface area contributed by atoms with Crippen molar-refractivity contribution in [3.63, 3.8) is 0 Å². The van der Waals surface area contributed by atoms with Gasteiger partial charge >= 0.3 is 0 Å². The van der Waals surface area contributed by atoms with Gasteiger partial charge in [0.15, 0.2) is 0 Å². The molecule has 5 nitrogen and oxygen atoms in total. The van der Waals surface area contributed by atoms with Crippen LogP contribution in [0.2, 0.25) is 0 Å². The number of benzene rings is 1. The van der Waals surface area contributed by atoms with E-state index in [4.69, 9.17) is 4.42 Å². The van der Waals surface area contributed by atoms with Crippen LogP contribution in [-0.2, 0) is 0 Å². The van der Waals surface area contributed by atoms with Crippen molar-refractivity contribution in [3.05, 3.63) is 42.7 Å². The van der Waals surface area contributed by atoms with Gasteiger partial charge in [-0.15, -0.1) is 0 Å². The summed E-state index contributed by atoms with van der Waals surface area (Å²) < 4.78 is 5.82. The van der Waals surface area contributed by atoms with E-state index in [1.807, 2.05) is 42.7 Å². The van der Waals surface area contributed by atoms with E-state index in [9.17, 15) is 5.11 Å². The van der Waals surface area contributed by atoms with Crippen LogP contribution in [0.4, 0.5) is 5.82 Å². The molecule has 1 unspecified atom stereocenters. The minimum atomic E-state index is -0.803. The van der Waals surface area contributed by atoms with Gasteiger partial charge in [-0.05, 0) is 19.2 Å². The maximum atomic E-state index is 10.3. The summed E-state index contributed by atoms with van der Waals surface area (Å²) in [4.78, 5) is 8.46. The standard InChI is InChI=1S/C17H19N3O2S/c1-17(21,10-23-2)9-18-15-13-8-14(12-6-4-3-5-7-12)22-16(13)20-11-19-15/h3-8,11,21H,9-10H2,1-2H3,(H,18,19,20). The van der Waals surface area contributed by atoms with Crippen molar-refractivity contribution in [2.75, 3.05) is 23.9 Å². The highest BCUT2D eigenvalue weighted by molar-refractivity contribution is 7.98. The fourth-order valence-corrected chi connectivity index (χ4v) is 3.10. The number of anilines is 1. The molecule has 3 rings (SSSR count). The molecule has 0 fully saturated rings. The second-order valence-electron chi connectivity index (χ2n) is 5.70. The highest BCUT2D eigenvalue weighted by Crippen LogP contribution is 2.29. The van der Waals surface area contributed by atoms with Crippen LogP contribution in [0.1, 0.15) is 6.92 Å². The smallest absolute Gasteiger partial charge is 0.231 e. The molecule has 0 bridgehead atoms. The van der Waals surface area contributed by atoms with E-state index in [0.717, 1.165) is 16.7 Å². The number of aromatic nitrogens is 2. The Kier molecular flexibility index (Phi) is 4.54. The Balaban J connectivity index is 1.88. The van der Waals surface area contributed by atoms with E-state index in [0.29, 0.717) is 23.8 Å². The van der Waals surface area contributed by atoms with Crippen molar-refractivity contribution in [2.24, 2.45) is 0 Å². The number of rotatable bonds is 6. The quantitative estimate of drug-likeness (QED) is 0.722. The monoisotopic (exact) mass is 329 g/mol. The third kappa shape index (κ3) is 3.65. The van der Waals surface area contributed by atoms with Gasteiger partial charge in [0.25, 0.3) is 0 Å². The lowest BCUT2D eigenvalue weighted by molar-refractivity contribution is 0.0996.